The van der Waals surface area contributed by atoms with E-state index in [-0.39, 0.29) is 28.7 Å². The fourth-order valence-electron chi connectivity index (χ4n) is 3.39. The molecule has 9 heteroatoms. The van der Waals surface area contributed by atoms with E-state index in [1.807, 2.05) is 0 Å². The molecule has 0 spiro atoms. The Morgan fingerprint density at radius 1 is 1.17 bits per heavy atom. The van der Waals surface area contributed by atoms with Gasteiger partial charge in [-0.25, -0.2) is 4.98 Å². The number of nitrogens with two attached hydrogens (primary N) is 1. The summed E-state index contributed by atoms with van der Waals surface area (Å²) in [4.78, 5) is 19.3. The van der Waals surface area contributed by atoms with Crippen LogP contribution < -0.4 is 5.73 Å². The summed E-state index contributed by atoms with van der Waals surface area (Å²) < 4.78 is 43.5. The summed E-state index contributed by atoms with van der Waals surface area (Å²) in [5.74, 6) is -1.17. The number of halogens is 3. The third-order valence-electron chi connectivity index (χ3n) is 4.72. The quantitative estimate of drug-likeness (QED) is 0.547. The number of imidazole rings is 1. The molecule has 1 aromatic carbocycles. The van der Waals surface area contributed by atoms with Gasteiger partial charge in [0.15, 0.2) is 0 Å². The molecule has 0 amide bonds. The van der Waals surface area contributed by atoms with Gasteiger partial charge in [0, 0.05) is 41.7 Å². The molecule has 0 radical (unpaired) electrons. The number of hydrogen-bond donors (Lipinski definition) is 2. The summed E-state index contributed by atoms with van der Waals surface area (Å²) in [6.07, 6.45) is -0.246. The predicted octanol–water partition coefficient (Wildman–Crippen LogP) is 3.52. The summed E-state index contributed by atoms with van der Waals surface area (Å²) in [7, 11) is 0. The number of alkyl halides is 3. The maximum absolute atomic E-state index is 14.0. The number of fused-ring (bicyclic) bond motifs is 2. The van der Waals surface area contributed by atoms with Crippen molar-refractivity contribution in [3.8, 4) is 11.3 Å². The first-order valence-electron chi connectivity index (χ1n) is 8.66. The Labute approximate surface area is 162 Å². The SMILES string of the molecule is NC(Cc1ccc(-c2ncc3ccccc3c2C(F)(F)F)c2nccn12)C(=O)O. The van der Waals surface area contributed by atoms with E-state index in [1.165, 1.54) is 28.9 Å². The molecule has 0 aliphatic heterocycles. The fraction of sp³-hybridized carbons (Fsp3) is 0.150. The van der Waals surface area contributed by atoms with Crippen molar-refractivity contribution in [2.45, 2.75) is 18.6 Å². The van der Waals surface area contributed by atoms with Crippen LogP contribution in [0.2, 0.25) is 0 Å². The monoisotopic (exact) mass is 400 g/mol. The number of benzene rings is 1. The predicted molar refractivity (Wildman–Crippen MR) is 100 cm³/mol. The van der Waals surface area contributed by atoms with Crippen LogP contribution in [0.5, 0.6) is 0 Å². The normalized spacial score (nSPS) is 13.1. The van der Waals surface area contributed by atoms with Gasteiger partial charge in [0.05, 0.1) is 11.3 Å². The third-order valence-corrected chi connectivity index (χ3v) is 4.72. The van der Waals surface area contributed by atoms with E-state index in [4.69, 9.17) is 10.8 Å². The van der Waals surface area contributed by atoms with Gasteiger partial charge < -0.3 is 15.2 Å². The van der Waals surface area contributed by atoms with Crippen LogP contribution in [0, 0.1) is 0 Å². The van der Waals surface area contributed by atoms with Crippen LogP contribution in [0.25, 0.3) is 27.7 Å². The molecule has 1 atom stereocenters. The van der Waals surface area contributed by atoms with Crippen molar-refractivity contribution in [1.29, 1.82) is 0 Å². The molecule has 4 aromatic rings. The van der Waals surface area contributed by atoms with Gasteiger partial charge in [0.25, 0.3) is 0 Å². The zero-order valence-corrected chi connectivity index (χ0v) is 14.9. The molecular weight excluding hydrogens is 385 g/mol. The minimum Gasteiger partial charge on any atom is -0.480 e. The minimum atomic E-state index is -4.63. The Morgan fingerprint density at radius 3 is 2.66 bits per heavy atom. The molecule has 3 N–H and O–H groups in total. The molecule has 6 nitrogen and oxygen atoms in total. The molecule has 0 bridgehead atoms. The van der Waals surface area contributed by atoms with Crippen LogP contribution in [0.3, 0.4) is 0 Å². The first-order valence-corrected chi connectivity index (χ1v) is 8.66. The van der Waals surface area contributed by atoms with Gasteiger partial charge in [-0.1, -0.05) is 24.3 Å². The van der Waals surface area contributed by atoms with Gasteiger partial charge in [0.2, 0.25) is 0 Å². The molecule has 0 aliphatic carbocycles. The molecule has 0 fully saturated rings. The summed E-state index contributed by atoms with van der Waals surface area (Å²) in [5, 5.41) is 9.47. The smallest absolute Gasteiger partial charge is 0.419 e. The summed E-state index contributed by atoms with van der Waals surface area (Å²) >= 11 is 0. The van der Waals surface area contributed by atoms with Crippen LogP contribution in [-0.2, 0) is 17.4 Å². The average molecular weight is 400 g/mol. The number of carboxylic acid groups (broad SMARTS) is 1. The zero-order chi connectivity index (χ0) is 20.8. The zero-order valence-electron chi connectivity index (χ0n) is 14.9. The second-order valence-electron chi connectivity index (χ2n) is 6.57. The Morgan fingerprint density at radius 2 is 1.93 bits per heavy atom. The van der Waals surface area contributed by atoms with Crippen molar-refractivity contribution in [1.82, 2.24) is 14.4 Å². The number of pyridine rings is 2. The van der Waals surface area contributed by atoms with Crippen LogP contribution in [0.15, 0.2) is 55.0 Å². The number of hydrogen-bond acceptors (Lipinski definition) is 4. The lowest BCUT2D eigenvalue weighted by Gasteiger charge is -2.17. The van der Waals surface area contributed by atoms with E-state index >= 15 is 0 Å². The summed E-state index contributed by atoms with van der Waals surface area (Å²) in [6, 6.07) is 8.05. The van der Waals surface area contributed by atoms with Crippen LogP contribution in [-0.4, -0.2) is 31.5 Å². The van der Waals surface area contributed by atoms with E-state index in [0.29, 0.717) is 11.1 Å². The average Bonchev–Trinajstić information content (AvgIpc) is 3.16. The van der Waals surface area contributed by atoms with Gasteiger partial charge in [-0.05, 0) is 17.5 Å². The highest BCUT2D eigenvalue weighted by Crippen LogP contribution is 2.41. The van der Waals surface area contributed by atoms with E-state index < -0.39 is 23.8 Å². The molecule has 3 heterocycles. The first-order chi connectivity index (χ1) is 13.8. The molecule has 0 saturated carbocycles. The van der Waals surface area contributed by atoms with E-state index in [1.54, 1.807) is 30.5 Å². The molecule has 1 unspecified atom stereocenters. The fourth-order valence-corrected chi connectivity index (χ4v) is 3.39. The number of rotatable bonds is 4. The molecule has 29 heavy (non-hydrogen) atoms. The highest BCUT2D eigenvalue weighted by Gasteiger charge is 2.37. The van der Waals surface area contributed by atoms with E-state index in [2.05, 4.69) is 9.97 Å². The van der Waals surface area contributed by atoms with Crippen molar-refractivity contribution >= 4 is 22.4 Å². The van der Waals surface area contributed by atoms with Gasteiger partial charge in [-0.3, -0.25) is 9.78 Å². The summed E-state index contributed by atoms with van der Waals surface area (Å²) in [6.45, 7) is 0. The maximum atomic E-state index is 14.0. The third kappa shape index (κ3) is 3.29. The van der Waals surface area contributed by atoms with E-state index in [9.17, 15) is 18.0 Å². The van der Waals surface area contributed by atoms with Crippen molar-refractivity contribution in [2.75, 3.05) is 0 Å². The van der Waals surface area contributed by atoms with Crippen molar-refractivity contribution in [2.24, 2.45) is 5.73 Å². The molecular formula is C20H15F3N4O2. The topological polar surface area (TPSA) is 93.5 Å². The first kappa shape index (κ1) is 18.9. The van der Waals surface area contributed by atoms with Gasteiger partial charge in [-0.15, -0.1) is 0 Å². The van der Waals surface area contributed by atoms with Gasteiger partial charge in [-0.2, -0.15) is 13.2 Å². The Bertz CT molecular complexity index is 1230. The largest absolute Gasteiger partial charge is 0.480 e. The lowest BCUT2D eigenvalue weighted by molar-refractivity contribution is -0.138. The molecule has 0 aliphatic rings. The second-order valence-corrected chi connectivity index (χ2v) is 6.57. The highest BCUT2D eigenvalue weighted by molar-refractivity contribution is 5.92. The minimum absolute atomic E-state index is 0.000248. The Balaban J connectivity index is 1.96. The Kier molecular flexibility index (Phi) is 4.46. The number of carboxylic acids is 1. The van der Waals surface area contributed by atoms with Gasteiger partial charge >= 0.3 is 12.1 Å². The summed E-state index contributed by atoms with van der Waals surface area (Å²) in [5.41, 5.74) is 5.49. The van der Waals surface area contributed by atoms with E-state index in [0.717, 1.165) is 0 Å². The Hall–Kier alpha value is -3.46. The molecule has 0 saturated heterocycles. The second kappa shape index (κ2) is 6.85. The molecule has 3 aromatic heterocycles. The van der Waals surface area contributed by atoms with Crippen LogP contribution in [0.1, 0.15) is 11.3 Å². The maximum Gasteiger partial charge on any atom is 0.419 e. The lowest BCUT2D eigenvalue weighted by atomic mass is 9.99. The van der Waals surface area contributed by atoms with Crippen molar-refractivity contribution in [3.63, 3.8) is 0 Å². The number of carbonyl (C=O) groups is 1. The number of aromatic nitrogens is 3. The number of nitrogens with zero attached hydrogens (tertiary/aromatic N) is 3. The van der Waals surface area contributed by atoms with Crippen molar-refractivity contribution in [3.05, 3.63) is 66.2 Å². The highest BCUT2D eigenvalue weighted by atomic mass is 19.4. The van der Waals surface area contributed by atoms with Crippen LogP contribution in [0.4, 0.5) is 13.2 Å². The lowest BCUT2D eigenvalue weighted by Crippen LogP contribution is -2.32. The molecule has 4 rings (SSSR count). The van der Waals surface area contributed by atoms with Gasteiger partial charge in [0.1, 0.15) is 11.7 Å². The standard InChI is InChI=1S/C20H15F3N4O2/c21-20(22,23)16-13-4-2-1-3-11(13)10-26-17(16)14-6-5-12(9-15(24)19(28)29)27-8-7-25-18(14)27/h1-8,10,15H,9,24H2,(H,28,29). The van der Waals surface area contributed by atoms with Crippen LogP contribution >= 0.6 is 0 Å². The molecule has 148 valence electrons. The number of aliphatic carboxylic acids is 1. The van der Waals surface area contributed by atoms with Crippen molar-refractivity contribution < 1.29 is 23.1 Å².